The quantitative estimate of drug-likeness (QED) is 0.184. The number of nitrogens with one attached hydrogen (secondary N) is 1. The Balaban J connectivity index is 0.000000338. The van der Waals surface area contributed by atoms with E-state index < -0.39 is 37.3 Å². The summed E-state index contributed by atoms with van der Waals surface area (Å²) in [4.78, 5) is 40.7. The monoisotopic (exact) mass is 697 g/mol. The summed E-state index contributed by atoms with van der Waals surface area (Å²) in [5, 5.41) is 66.4. The van der Waals surface area contributed by atoms with Crippen LogP contribution in [0.2, 0.25) is 0 Å². The summed E-state index contributed by atoms with van der Waals surface area (Å²) < 4.78 is 4.24. The van der Waals surface area contributed by atoms with Crippen LogP contribution in [-0.2, 0) is 21.4 Å². The molecule has 22 nitrogen and oxygen atoms in total. The minimum absolute atomic E-state index is 0.0370. The fourth-order valence-corrected chi connectivity index (χ4v) is 4.00. The first kappa shape index (κ1) is 41.3. The van der Waals surface area contributed by atoms with E-state index in [1.54, 1.807) is 66.3 Å². The number of hydrogen-bond acceptors (Lipinski definition) is 14. The number of hydrogen-bond donors (Lipinski definition) is 3. The molecule has 0 aromatic carbocycles. The molecule has 0 saturated heterocycles. The van der Waals surface area contributed by atoms with Gasteiger partial charge in [0.05, 0.1) is 44.5 Å². The van der Waals surface area contributed by atoms with Crippen LogP contribution in [0.1, 0.15) is 64.3 Å². The summed E-state index contributed by atoms with van der Waals surface area (Å²) in [5.74, 6) is -0.594. The third kappa shape index (κ3) is 9.43. The molecule has 50 heavy (non-hydrogen) atoms. The number of aryl methyl sites for hydroxylation is 1. The summed E-state index contributed by atoms with van der Waals surface area (Å²) in [5.41, 5.74) is 10.7. The number of aromatic nitrogens is 8. The Morgan fingerprint density at radius 2 is 1.10 bits per heavy atom. The van der Waals surface area contributed by atoms with Gasteiger partial charge in [-0.3, -0.25) is 40.2 Å². The lowest BCUT2D eigenvalue weighted by atomic mass is 10.1. The van der Waals surface area contributed by atoms with E-state index in [9.17, 15) is 35.1 Å². The molecule has 268 valence electrons. The van der Waals surface area contributed by atoms with Crippen LogP contribution in [0.25, 0.3) is 0 Å². The third-order valence-electron chi connectivity index (χ3n) is 7.15. The first-order valence-corrected chi connectivity index (χ1v) is 14.3. The number of nitro groups is 3. The molecule has 0 atom stereocenters. The van der Waals surface area contributed by atoms with Crippen molar-refractivity contribution in [1.29, 1.82) is 10.5 Å². The van der Waals surface area contributed by atoms with Gasteiger partial charge in [-0.2, -0.15) is 30.9 Å². The number of aromatic amines is 1. The highest BCUT2D eigenvalue weighted by Crippen LogP contribution is 2.24. The lowest BCUT2D eigenvalue weighted by Gasteiger charge is -2.22. The van der Waals surface area contributed by atoms with Gasteiger partial charge in [0.25, 0.3) is 0 Å². The number of carbonyl (C=O) groups excluding carboxylic acids is 1. The highest BCUT2D eigenvalue weighted by Gasteiger charge is 2.32. The number of anilines is 1. The molecule has 0 unspecified atom stereocenters. The smallest absolute Gasteiger partial charge is 0.309 e. The first-order chi connectivity index (χ1) is 22.9. The zero-order valence-electron chi connectivity index (χ0n) is 29.2. The number of nitrogen functional groups attached to an aromatic ring is 1. The number of nitriles is 2. The van der Waals surface area contributed by atoms with Gasteiger partial charge in [-0.05, 0) is 69.2 Å². The van der Waals surface area contributed by atoms with Crippen LogP contribution < -0.4 is 11.5 Å². The SMILES string of the molecule is Cc1[nH]ncc1[N+](=O)[O-].Cc1c(N)cnn1C(C)(C)C#N.Cc1c([N+](=O)[O-])cnn1C(C)(C)C#N.Cc1c([N+](=O)[O-])cnn1C(C)(C)C(N)=O. The molecule has 4 aromatic heterocycles. The van der Waals surface area contributed by atoms with Gasteiger partial charge >= 0.3 is 17.1 Å². The molecule has 4 heterocycles. The number of nitrogens with zero attached hydrogens (tertiary/aromatic N) is 12. The second-order valence-corrected chi connectivity index (χ2v) is 12.1. The van der Waals surface area contributed by atoms with Gasteiger partial charge in [0.15, 0.2) is 0 Å². The first-order valence-electron chi connectivity index (χ1n) is 14.3. The van der Waals surface area contributed by atoms with Gasteiger partial charge in [0.2, 0.25) is 5.91 Å². The molecule has 0 saturated carbocycles. The van der Waals surface area contributed by atoms with E-state index in [2.05, 4.69) is 31.6 Å². The van der Waals surface area contributed by atoms with Gasteiger partial charge < -0.3 is 11.5 Å². The lowest BCUT2D eigenvalue weighted by molar-refractivity contribution is -0.385. The average molecular weight is 698 g/mol. The largest absolute Gasteiger partial charge is 0.396 e. The van der Waals surface area contributed by atoms with Gasteiger partial charge in [-0.15, -0.1) is 0 Å². The van der Waals surface area contributed by atoms with E-state index in [0.29, 0.717) is 22.8 Å². The summed E-state index contributed by atoms with van der Waals surface area (Å²) in [6.07, 6.45) is 5.03. The molecule has 0 bridgehead atoms. The number of nitrogens with two attached hydrogens (primary N) is 2. The highest BCUT2D eigenvalue weighted by atomic mass is 16.6. The van der Waals surface area contributed by atoms with Crippen LogP contribution in [0.5, 0.6) is 0 Å². The van der Waals surface area contributed by atoms with E-state index in [4.69, 9.17) is 22.0 Å². The summed E-state index contributed by atoms with van der Waals surface area (Å²) in [6.45, 7) is 16.6. The molecule has 5 N–H and O–H groups in total. The fraction of sp³-hybridized carbons (Fsp3) is 0.464. The van der Waals surface area contributed by atoms with E-state index >= 15 is 0 Å². The van der Waals surface area contributed by atoms with E-state index in [1.807, 2.05) is 13.0 Å². The van der Waals surface area contributed by atoms with Crippen molar-refractivity contribution in [2.75, 3.05) is 5.73 Å². The van der Waals surface area contributed by atoms with Crippen molar-refractivity contribution >= 4 is 28.7 Å². The van der Waals surface area contributed by atoms with Crippen LogP contribution in [0.4, 0.5) is 22.7 Å². The molecule has 0 aliphatic rings. The standard InChI is InChI=1S/C8H12N4O3.C8H10N4O2.C8H12N4.C4H5N3O2/c1-5-6(12(14)15)4-10-11(5)8(2,3)7(9)13;1-6-7(12(13)14)4-10-11(6)8(2,3)5-9;1-6-7(10)4-11-12(6)8(2,3)5-9;1-3-4(7(8)9)2-5-6-3/h4H,1-3H3,(H2,9,13);4H,1-3H3;4H,10H2,1-3H3;2H,1H3,(H,5,6). The molecule has 22 heteroatoms. The molecule has 0 aliphatic carbocycles. The molecule has 0 radical (unpaired) electrons. The van der Waals surface area contributed by atoms with Crippen LogP contribution in [0.3, 0.4) is 0 Å². The predicted molar refractivity (Wildman–Crippen MR) is 177 cm³/mol. The van der Waals surface area contributed by atoms with Crippen molar-refractivity contribution in [1.82, 2.24) is 39.5 Å². The maximum atomic E-state index is 11.1. The topological polar surface area (TPSA) is 328 Å². The van der Waals surface area contributed by atoms with Crippen molar-refractivity contribution < 1.29 is 19.6 Å². The van der Waals surface area contributed by atoms with Gasteiger partial charge in [0.1, 0.15) is 52.3 Å². The summed E-state index contributed by atoms with van der Waals surface area (Å²) in [7, 11) is 0. The zero-order chi connectivity index (χ0) is 38.9. The maximum Gasteiger partial charge on any atom is 0.309 e. The number of carbonyl (C=O) groups is 1. The Morgan fingerprint density at radius 1 is 0.720 bits per heavy atom. The summed E-state index contributed by atoms with van der Waals surface area (Å²) in [6, 6.07) is 4.19. The number of primary amides is 1. The minimum atomic E-state index is -1.07. The van der Waals surface area contributed by atoms with E-state index in [0.717, 1.165) is 18.1 Å². The van der Waals surface area contributed by atoms with Gasteiger partial charge in [-0.25, -0.2) is 14.0 Å². The van der Waals surface area contributed by atoms with E-state index in [1.165, 1.54) is 22.5 Å². The second kappa shape index (κ2) is 15.9. The highest BCUT2D eigenvalue weighted by molar-refractivity contribution is 5.81. The van der Waals surface area contributed by atoms with Crippen molar-refractivity contribution in [2.45, 2.75) is 85.9 Å². The third-order valence-corrected chi connectivity index (χ3v) is 7.15. The lowest BCUT2D eigenvalue weighted by Crippen LogP contribution is -2.42. The fourth-order valence-electron chi connectivity index (χ4n) is 4.00. The molecule has 0 fully saturated rings. The number of rotatable bonds is 7. The molecule has 4 aromatic rings. The average Bonchev–Trinajstić information content (AvgIpc) is 3.81. The predicted octanol–water partition coefficient (Wildman–Crippen LogP) is 3.34. The normalized spacial score (nSPS) is 10.9. The molecular weight excluding hydrogens is 658 g/mol. The second-order valence-electron chi connectivity index (χ2n) is 12.1. The number of amides is 1. The Bertz CT molecular complexity index is 1950. The minimum Gasteiger partial charge on any atom is -0.396 e. The van der Waals surface area contributed by atoms with Crippen molar-refractivity contribution in [3.8, 4) is 12.1 Å². The molecule has 4 rings (SSSR count). The molecule has 0 spiro atoms. The zero-order valence-corrected chi connectivity index (χ0v) is 29.2. The van der Waals surface area contributed by atoms with Gasteiger partial charge in [-0.1, -0.05) is 0 Å². The van der Waals surface area contributed by atoms with Crippen LogP contribution >= 0.6 is 0 Å². The van der Waals surface area contributed by atoms with Crippen molar-refractivity contribution in [2.24, 2.45) is 5.73 Å². The summed E-state index contributed by atoms with van der Waals surface area (Å²) >= 11 is 0. The number of H-pyrrole nitrogens is 1. The molecular formula is C28H39N15O7. The molecule has 0 aliphatic heterocycles. The van der Waals surface area contributed by atoms with Crippen LogP contribution in [0, 0.1) is 80.7 Å². The Kier molecular flexibility index (Phi) is 13.2. The van der Waals surface area contributed by atoms with Gasteiger partial charge in [0, 0.05) is 0 Å². The van der Waals surface area contributed by atoms with Crippen LogP contribution in [-0.4, -0.2) is 60.2 Å². The van der Waals surface area contributed by atoms with Crippen LogP contribution in [0.15, 0.2) is 24.8 Å². The van der Waals surface area contributed by atoms with Crippen molar-refractivity contribution in [3.63, 3.8) is 0 Å². The Hall–Kier alpha value is -6.71. The Labute approximate surface area is 285 Å². The maximum absolute atomic E-state index is 11.1. The van der Waals surface area contributed by atoms with Crippen molar-refractivity contribution in [3.05, 3.63) is 77.9 Å². The van der Waals surface area contributed by atoms with E-state index in [-0.39, 0.29) is 17.1 Å². The molecule has 1 amide bonds. The Morgan fingerprint density at radius 3 is 1.38 bits per heavy atom.